The summed E-state index contributed by atoms with van der Waals surface area (Å²) >= 11 is 12.3. The third-order valence-electron chi connectivity index (χ3n) is 4.42. The Morgan fingerprint density at radius 2 is 2.05 bits per heavy atom. The molecule has 0 radical (unpaired) electrons. The molecular weight excluding hydrogens is 293 g/mol. The molecule has 1 aliphatic heterocycles. The minimum Gasteiger partial charge on any atom is -0.493 e. The van der Waals surface area contributed by atoms with Crippen LogP contribution >= 0.6 is 23.2 Å². The smallest absolute Gasteiger partial charge is 0.127 e. The van der Waals surface area contributed by atoms with Crippen LogP contribution in [0, 0.1) is 5.41 Å². The quantitative estimate of drug-likeness (QED) is 0.752. The highest BCUT2D eigenvalue weighted by molar-refractivity contribution is 6.30. The predicted molar refractivity (Wildman–Crippen MR) is 86.1 cm³/mol. The van der Waals surface area contributed by atoms with Crippen molar-refractivity contribution in [2.24, 2.45) is 5.41 Å². The van der Waals surface area contributed by atoms with Crippen molar-refractivity contribution < 1.29 is 4.74 Å². The molecule has 20 heavy (non-hydrogen) atoms. The van der Waals surface area contributed by atoms with E-state index in [-0.39, 0.29) is 5.41 Å². The molecule has 2 nitrogen and oxygen atoms in total. The first-order chi connectivity index (χ1) is 9.64. The maximum Gasteiger partial charge on any atom is 0.127 e. The minimum absolute atomic E-state index is 0.185. The number of rotatable bonds is 7. The van der Waals surface area contributed by atoms with Crippen molar-refractivity contribution in [3.63, 3.8) is 0 Å². The van der Waals surface area contributed by atoms with Gasteiger partial charge in [0.2, 0.25) is 0 Å². The van der Waals surface area contributed by atoms with Crippen LogP contribution < -0.4 is 10.1 Å². The highest BCUT2D eigenvalue weighted by Crippen LogP contribution is 2.33. The second-order valence-electron chi connectivity index (χ2n) is 5.60. The first-order valence-electron chi connectivity index (χ1n) is 7.35. The Morgan fingerprint density at radius 1 is 1.30 bits per heavy atom. The van der Waals surface area contributed by atoms with Gasteiger partial charge in [0.15, 0.2) is 0 Å². The van der Waals surface area contributed by atoms with Crippen molar-refractivity contribution in [2.75, 3.05) is 19.0 Å². The molecule has 0 bridgehead atoms. The van der Waals surface area contributed by atoms with Crippen LogP contribution in [0.3, 0.4) is 0 Å². The van der Waals surface area contributed by atoms with Gasteiger partial charge in [0.1, 0.15) is 5.75 Å². The fraction of sp³-hybridized carbons (Fsp3) is 0.625. The largest absolute Gasteiger partial charge is 0.493 e. The van der Waals surface area contributed by atoms with Crippen LogP contribution in [0.25, 0.3) is 0 Å². The van der Waals surface area contributed by atoms with Gasteiger partial charge in [-0.05, 0) is 36.0 Å². The molecule has 0 aromatic heterocycles. The molecule has 1 heterocycles. The van der Waals surface area contributed by atoms with Crippen molar-refractivity contribution in [1.29, 1.82) is 0 Å². The number of hydrogen-bond acceptors (Lipinski definition) is 2. The molecule has 1 aromatic rings. The normalized spacial score (nSPS) is 14.2. The summed E-state index contributed by atoms with van der Waals surface area (Å²) in [6.07, 6.45) is 3.13. The first kappa shape index (κ1) is 15.9. The lowest BCUT2D eigenvalue weighted by molar-refractivity contribution is 0.285. The molecule has 1 aliphatic rings. The summed E-state index contributed by atoms with van der Waals surface area (Å²) < 4.78 is 5.72. The molecule has 0 fully saturated rings. The van der Waals surface area contributed by atoms with Gasteiger partial charge < -0.3 is 10.1 Å². The van der Waals surface area contributed by atoms with Crippen molar-refractivity contribution in [3.05, 3.63) is 28.3 Å². The molecule has 0 spiro atoms. The second kappa shape index (κ2) is 7.02. The molecular formula is C16H23Cl2NO. The molecule has 0 saturated heterocycles. The zero-order valence-electron chi connectivity index (χ0n) is 12.3. The van der Waals surface area contributed by atoms with Gasteiger partial charge in [-0.15, -0.1) is 11.6 Å². The molecule has 0 atom stereocenters. The van der Waals surface area contributed by atoms with E-state index in [1.54, 1.807) is 0 Å². The van der Waals surface area contributed by atoms with E-state index >= 15 is 0 Å². The molecule has 0 saturated carbocycles. The van der Waals surface area contributed by atoms with Crippen molar-refractivity contribution in [1.82, 2.24) is 5.32 Å². The summed E-state index contributed by atoms with van der Waals surface area (Å²) in [5.41, 5.74) is 2.56. The van der Waals surface area contributed by atoms with E-state index in [9.17, 15) is 0 Å². The second-order valence-corrected chi connectivity index (χ2v) is 6.30. The van der Waals surface area contributed by atoms with Gasteiger partial charge in [-0.1, -0.05) is 25.4 Å². The molecule has 4 heteroatoms. The number of benzene rings is 1. The summed E-state index contributed by atoms with van der Waals surface area (Å²) in [4.78, 5) is 0. The molecule has 0 aliphatic carbocycles. The standard InChI is InChI=1S/C16H23Cl2NO/c1-3-16(4-2,10-17)11-19-9-13-8-14(18)7-12-5-6-20-15(12)13/h7-8,19H,3-6,9-11H2,1-2H3. The average molecular weight is 316 g/mol. The maximum atomic E-state index is 6.17. The van der Waals surface area contributed by atoms with Crippen LogP contribution in [-0.2, 0) is 13.0 Å². The fourth-order valence-electron chi connectivity index (χ4n) is 2.68. The minimum atomic E-state index is 0.185. The summed E-state index contributed by atoms with van der Waals surface area (Å²) in [5.74, 6) is 1.71. The van der Waals surface area contributed by atoms with Crippen molar-refractivity contribution >= 4 is 23.2 Å². The first-order valence-corrected chi connectivity index (χ1v) is 8.26. The third-order valence-corrected chi connectivity index (χ3v) is 5.21. The fourth-order valence-corrected chi connectivity index (χ4v) is 3.41. The lowest BCUT2D eigenvalue weighted by Crippen LogP contribution is -2.34. The zero-order chi connectivity index (χ0) is 14.6. The van der Waals surface area contributed by atoms with Gasteiger partial charge in [0, 0.05) is 36.0 Å². The van der Waals surface area contributed by atoms with Crippen LogP contribution in [0.2, 0.25) is 5.02 Å². The van der Waals surface area contributed by atoms with Gasteiger partial charge >= 0.3 is 0 Å². The molecule has 1 aromatic carbocycles. The van der Waals surface area contributed by atoms with E-state index < -0.39 is 0 Å². The average Bonchev–Trinajstić information content (AvgIpc) is 2.92. The van der Waals surface area contributed by atoms with Crippen molar-refractivity contribution in [3.8, 4) is 5.75 Å². The lowest BCUT2D eigenvalue weighted by Gasteiger charge is -2.29. The summed E-state index contributed by atoms with van der Waals surface area (Å²) in [5, 5.41) is 4.32. The Kier molecular flexibility index (Phi) is 5.59. The maximum absolute atomic E-state index is 6.17. The van der Waals surface area contributed by atoms with Gasteiger partial charge in [0.25, 0.3) is 0 Å². The zero-order valence-corrected chi connectivity index (χ0v) is 13.8. The van der Waals surface area contributed by atoms with E-state index in [2.05, 4.69) is 19.2 Å². The summed E-state index contributed by atoms with van der Waals surface area (Å²) in [6, 6.07) is 4.01. The summed E-state index contributed by atoms with van der Waals surface area (Å²) in [7, 11) is 0. The Balaban J connectivity index is 2.01. The van der Waals surface area contributed by atoms with Crippen LogP contribution in [0.4, 0.5) is 0 Å². The molecule has 112 valence electrons. The Labute approximate surface area is 131 Å². The van der Waals surface area contributed by atoms with E-state index in [0.717, 1.165) is 55.3 Å². The molecule has 1 N–H and O–H groups in total. The van der Waals surface area contributed by atoms with Gasteiger partial charge in [-0.3, -0.25) is 0 Å². The van der Waals surface area contributed by atoms with Gasteiger partial charge in [-0.25, -0.2) is 0 Å². The number of halogens is 2. The SMILES string of the molecule is CCC(CC)(CCl)CNCc1cc(Cl)cc2c1OCC2. The van der Waals surface area contributed by atoms with Crippen LogP contribution in [0.5, 0.6) is 5.75 Å². The van der Waals surface area contributed by atoms with E-state index in [1.807, 2.05) is 12.1 Å². The van der Waals surface area contributed by atoms with E-state index in [0.29, 0.717) is 5.88 Å². The Morgan fingerprint density at radius 3 is 2.70 bits per heavy atom. The monoisotopic (exact) mass is 315 g/mol. The van der Waals surface area contributed by atoms with E-state index in [4.69, 9.17) is 27.9 Å². The number of ether oxygens (including phenoxy) is 1. The lowest BCUT2D eigenvalue weighted by atomic mass is 9.84. The number of alkyl halides is 1. The van der Waals surface area contributed by atoms with Gasteiger partial charge in [0.05, 0.1) is 6.61 Å². The number of nitrogens with one attached hydrogen (secondary N) is 1. The predicted octanol–water partition coefficient (Wildman–Crippen LogP) is 4.41. The van der Waals surface area contributed by atoms with Crippen molar-refractivity contribution in [2.45, 2.75) is 39.7 Å². The Hall–Kier alpha value is -0.440. The molecule has 2 rings (SSSR count). The molecule has 0 unspecified atom stereocenters. The van der Waals surface area contributed by atoms with Crippen LogP contribution in [-0.4, -0.2) is 19.0 Å². The van der Waals surface area contributed by atoms with Crippen LogP contribution in [0.1, 0.15) is 37.8 Å². The topological polar surface area (TPSA) is 21.3 Å². The summed E-state index contributed by atoms with van der Waals surface area (Å²) in [6.45, 7) is 6.87. The highest BCUT2D eigenvalue weighted by atomic mass is 35.5. The number of fused-ring (bicyclic) bond motifs is 1. The number of hydrogen-bond donors (Lipinski definition) is 1. The van der Waals surface area contributed by atoms with Crippen LogP contribution in [0.15, 0.2) is 12.1 Å². The van der Waals surface area contributed by atoms with Gasteiger partial charge in [-0.2, -0.15) is 0 Å². The highest BCUT2D eigenvalue weighted by Gasteiger charge is 2.25. The third kappa shape index (κ3) is 3.41. The molecule has 0 amide bonds. The van der Waals surface area contributed by atoms with E-state index in [1.165, 1.54) is 5.56 Å². The Bertz CT molecular complexity index is 450.